The molecule has 5 rings (SSSR count). The number of piperazine rings is 1. The predicted octanol–water partition coefficient (Wildman–Crippen LogP) is -2.71. The van der Waals surface area contributed by atoms with Crippen LogP contribution in [0.3, 0.4) is 0 Å². The molecule has 0 spiro atoms. The Morgan fingerprint density at radius 1 is 1.10 bits per heavy atom. The van der Waals surface area contributed by atoms with Crippen LogP contribution >= 0.6 is 0 Å². The summed E-state index contributed by atoms with van der Waals surface area (Å²) in [6.45, 7) is 7.50. The number of amidine groups is 1. The summed E-state index contributed by atoms with van der Waals surface area (Å²) >= 11 is -0.256. The van der Waals surface area contributed by atoms with E-state index in [0.717, 1.165) is 53.7 Å². The first kappa shape index (κ1) is 31.6. The summed E-state index contributed by atoms with van der Waals surface area (Å²) in [5.41, 5.74) is 5.61. The molecule has 1 aliphatic carbocycles. The second kappa shape index (κ2) is 16.4. The summed E-state index contributed by atoms with van der Waals surface area (Å²) < 4.78 is 14.8. The van der Waals surface area contributed by atoms with Gasteiger partial charge in [0.2, 0.25) is 0 Å². The molecule has 1 unspecified atom stereocenters. The first-order valence-corrected chi connectivity index (χ1v) is 15.6. The van der Waals surface area contributed by atoms with Gasteiger partial charge in [-0.25, -0.2) is 18.8 Å². The number of hydrazone groups is 1. The normalized spacial score (nSPS) is 18.5. The van der Waals surface area contributed by atoms with Gasteiger partial charge >= 0.3 is 225 Å². The van der Waals surface area contributed by atoms with Crippen molar-refractivity contribution >= 4 is 12.2 Å². The number of para-hydroxylation sites is 1. The molecule has 1 amide bonds. The molecule has 2 aromatic rings. The van der Waals surface area contributed by atoms with Crippen molar-refractivity contribution in [1.29, 1.82) is 0 Å². The quantitative estimate of drug-likeness (QED) is 0.0806. The molecule has 2 heterocycles. The van der Waals surface area contributed by atoms with E-state index in [4.69, 9.17) is 14.6 Å². The van der Waals surface area contributed by atoms with E-state index < -0.39 is 0 Å². The number of ether oxygens (including phenoxy) is 2. The predicted molar refractivity (Wildman–Crippen MR) is 146 cm³/mol. The van der Waals surface area contributed by atoms with E-state index in [1.807, 2.05) is 18.5 Å². The van der Waals surface area contributed by atoms with E-state index in [1.165, 1.54) is 18.4 Å². The van der Waals surface area contributed by atoms with Gasteiger partial charge in [-0.1, -0.05) is 0 Å². The van der Waals surface area contributed by atoms with Crippen LogP contribution in [-0.2, 0) is 11.2 Å². The number of amides is 1. The van der Waals surface area contributed by atoms with Crippen molar-refractivity contribution in [3.05, 3.63) is 73.0 Å². The molecule has 39 heavy (non-hydrogen) atoms. The van der Waals surface area contributed by atoms with Crippen LogP contribution in [0.4, 0.5) is 0 Å². The zero-order valence-corrected chi connectivity index (χ0v) is 25.5. The van der Waals surface area contributed by atoms with Crippen LogP contribution in [-0.4, -0.2) is 76.7 Å². The first-order valence-electron chi connectivity index (χ1n) is 13.1. The third-order valence-corrected chi connectivity index (χ3v) is 9.41. The smallest absolute Gasteiger partial charge is 0.345 e. The molecule has 3 aliphatic rings. The summed E-state index contributed by atoms with van der Waals surface area (Å²) in [6, 6.07) is 16.5. The van der Waals surface area contributed by atoms with Crippen LogP contribution in [0.5, 0.6) is 11.5 Å². The van der Waals surface area contributed by atoms with Gasteiger partial charge in [0.1, 0.15) is 0 Å². The molecule has 1 saturated carbocycles. The Balaban J connectivity index is 0.000000630. The number of methoxy groups -OCH3 is 2. The molecule has 1 N–H and O–H groups in total. The molecule has 8 nitrogen and oxygen atoms in total. The fourth-order valence-electron chi connectivity index (χ4n) is 4.67. The maximum absolute atomic E-state index is 11.2. The van der Waals surface area contributed by atoms with E-state index in [9.17, 15) is 4.79 Å². The van der Waals surface area contributed by atoms with Gasteiger partial charge in [-0.2, -0.15) is 0 Å². The van der Waals surface area contributed by atoms with Gasteiger partial charge in [0, 0.05) is 0 Å². The minimum Gasteiger partial charge on any atom is -0.345 e. The van der Waals surface area contributed by atoms with E-state index in [2.05, 4.69) is 63.2 Å². The fourth-order valence-corrected chi connectivity index (χ4v) is 6.70. The number of hydrogen-bond donors (Lipinski definition) is 1. The summed E-state index contributed by atoms with van der Waals surface area (Å²) in [6.07, 6.45) is 7.76. The van der Waals surface area contributed by atoms with Crippen LogP contribution in [0.15, 0.2) is 53.6 Å². The fraction of sp³-hybridized carbons (Fsp3) is 0.448. The Morgan fingerprint density at radius 3 is 2.41 bits per heavy atom. The van der Waals surface area contributed by atoms with Crippen molar-refractivity contribution in [2.45, 2.75) is 25.3 Å². The Hall–Kier alpha value is -1.93. The van der Waals surface area contributed by atoms with Gasteiger partial charge in [-0.15, -0.1) is 0 Å². The minimum atomic E-state index is -0.256. The van der Waals surface area contributed by atoms with E-state index in [0.29, 0.717) is 18.8 Å². The van der Waals surface area contributed by atoms with Gasteiger partial charge in [0.15, 0.2) is 0 Å². The Bertz CT molecular complexity index is 1050. The largest absolute Gasteiger partial charge is 1.00 e. The molecule has 1 atom stereocenters. The van der Waals surface area contributed by atoms with Crippen LogP contribution in [0.2, 0.25) is 0 Å². The average molecular weight is 639 g/mol. The number of alkyl halides is 1. The average Bonchev–Trinajstić information content (AvgIpc) is 2.96. The van der Waals surface area contributed by atoms with Crippen LogP contribution in [0, 0.1) is 19.3 Å². The van der Waals surface area contributed by atoms with Crippen molar-refractivity contribution in [3.8, 4) is 11.5 Å². The standard InChI is InChI=1S/C24H30IN5O3.C5H8.Li/c1-32-21-10-6-9-20(23(21)33-2)22(29-15-13-28(18-31)14-16-29)24-27-26-17-25-30(24)12-11-19-7-4-3-5-8-19;1-5-3-2-4-5;/h3-10,22,26H,11-17H2,1-2H3;2,5H,1,3-4H2;/q2*-2;+1. The molecule has 0 bridgehead atoms. The minimum absolute atomic E-state index is 0. The van der Waals surface area contributed by atoms with Gasteiger partial charge in [-0.3, -0.25) is 0 Å². The molecule has 1 saturated heterocycles. The SMILES string of the molecule is COc1cccc(C(C2=NNC[I-]N2CCc2ccccc2)N2CCN([C-]=O)CC2)c1OC.[CH2-]C1C[CH-]C1.[Li+]. The number of halogens is 1. The Kier molecular flexibility index (Phi) is 13.3. The number of rotatable bonds is 9. The molecule has 0 radical (unpaired) electrons. The van der Waals surface area contributed by atoms with Crippen molar-refractivity contribution in [1.82, 2.24) is 18.3 Å². The van der Waals surface area contributed by atoms with Gasteiger partial charge in [0.05, 0.1) is 0 Å². The first-order chi connectivity index (χ1) is 18.6. The second-order valence-corrected chi connectivity index (χ2v) is 12.0. The van der Waals surface area contributed by atoms with E-state index in [1.54, 1.807) is 19.1 Å². The monoisotopic (exact) mass is 638 g/mol. The molecular weight excluding hydrogens is 600 g/mol. The Labute approximate surface area is 256 Å². The van der Waals surface area contributed by atoms with Crippen molar-refractivity contribution in [2.24, 2.45) is 11.0 Å². The molecular formula is C29H38ILiN5O3-3. The van der Waals surface area contributed by atoms with Crippen LogP contribution in [0.25, 0.3) is 0 Å². The summed E-state index contributed by atoms with van der Waals surface area (Å²) in [5.74, 6) is 3.20. The molecule has 208 valence electrons. The number of hydrogen-bond acceptors (Lipinski definition) is 7. The van der Waals surface area contributed by atoms with Crippen molar-refractivity contribution < 1.29 is 54.6 Å². The second-order valence-electron chi connectivity index (χ2n) is 9.43. The number of nitrogens with one attached hydrogen (secondary N) is 1. The number of nitrogens with zero attached hydrogens (tertiary/aromatic N) is 4. The van der Waals surface area contributed by atoms with Crippen LogP contribution in [0.1, 0.15) is 30.0 Å². The Morgan fingerprint density at radius 2 is 1.82 bits per heavy atom. The third-order valence-electron chi connectivity index (χ3n) is 6.93. The summed E-state index contributed by atoms with van der Waals surface area (Å²) in [7, 11) is 3.34. The zero-order valence-electron chi connectivity index (χ0n) is 23.3. The topological polar surface area (TPSA) is 69.6 Å². The summed E-state index contributed by atoms with van der Waals surface area (Å²) in [4.78, 5) is 15.3. The van der Waals surface area contributed by atoms with Gasteiger partial charge in [0.25, 0.3) is 0 Å². The van der Waals surface area contributed by atoms with E-state index in [-0.39, 0.29) is 46.4 Å². The number of benzene rings is 2. The molecule has 2 fully saturated rings. The molecule has 10 heteroatoms. The zero-order chi connectivity index (χ0) is 26.7. The number of carbonyl (C=O) groups excluding carboxylic acids is 1. The van der Waals surface area contributed by atoms with E-state index >= 15 is 0 Å². The maximum Gasteiger partial charge on any atom is 1.00 e. The van der Waals surface area contributed by atoms with Crippen molar-refractivity contribution in [3.63, 3.8) is 0 Å². The van der Waals surface area contributed by atoms with Crippen molar-refractivity contribution in [2.75, 3.05) is 51.5 Å². The van der Waals surface area contributed by atoms with Crippen LogP contribution < -0.4 is 55.2 Å². The summed E-state index contributed by atoms with van der Waals surface area (Å²) in [5, 5.41) is 4.84. The van der Waals surface area contributed by atoms with Gasteiger partial charge < -0.3 is 13.3 Å². The molecule has 0 aromatic heterocycles. The third kappa shape index (κ3) is 8.53. The molecule has 2 aliphatic heterocycles. The van der Waals surface area contributed by atoms with Gasteiger partial charge in [-0.05, 0) is 0 Å². The molecule has 2 aromatic carbocycles. The maximum atomic E-state index is 11.2.